The van der Waals surface area contributed by atoms with Crippen molar-refractivity contribution in [1.29, 1.82) is 0 Å². The molecular formula is C16H20N6O3S. The quantitative estimate of drug-likeness (QED) is 0.719. The van der Waals surface area contributed by atoms with Gasteiger partial charge in [-0.05, 0) is 35.0 Å². The summed E-state index contributed by atoms with van der Waals surface area (Å²) >= 11 is 0. The van der Waals surface area contributed by atoms with Crippen molar-refractivity contribution in [3.05, 3.63) is 36.2 Å². The molecule has 3 heterocycles. The van der Waals surface area contributed by atoms with Gasteiger partial charge in [0, 0.05) is 37.8 Å². The van der Waals surface area contributed by atoms with E-state index in [4.69, 9.17) is 0 Å². The summed E-state index contributed by atoms with van der Waals surface area (Å²) in [4.78, 5) is 16.8. The average molecular weight is 376 g/mol. The summed E-state index contributed by atoms with van der Waals surface area (Å²) in [5.41, 5.74) is 1.32. The van der Waals surface area contributed by atoms with Crippen LogP contribution in [0.4, 0.5) is 0 Å². The van der Waals surface area contributed by atoms with Gasteiger partial charge in [0.15, 0.2) is 9.84 Å². The second-order valence-corrected chi connectivity index (χ2v) is 8.92. The second-order valence-electron chi connectivity index (χ2n) is 6.69. The van der Waals surface area contributed by atoms with Crippen LogP contribution >= 0.6 is 0 Å². The lowest BCUT2D eigenvalue weighted by Crippen LogP contribution is -2.52. The molecule has 2 fully saturated rings. The van der Waals surface area contributed by atoms with Gasteiger partial charge in [-0.1, -0.05) is 6.07 Å². The highest BCUT2D eigenvalue weighted by molar-refractivity contribution is 7.91. The maximum absolute atomic E-state index is 12.8. The van der Waals surface area contributed by atoms with Crippen LogP contribution in [-0.4, -0.2) is 88.1 Å². The number of tetrazole rings is 1. The predicted molar refractivity (Wildman–Crippen MR) is 93.7 cm³/mol. The van der Waals surface area contributed by atoms with E-state index in [1.54, 1.807) is 12.1 Å². The largest absolute Gasteiger partial charge is 0.336 e. The molecule has 1 unspecified atom stereocenters. The first-order chi connectivity index (χ1) is 12.5. The zero-order chi connectivity index (χ0) is 18.1. The molecule has 0 N–H and O–H groups in total. The van der Waals surface area contributed by atoms with Gasteiger partial charge in [0.1, 0.15) is 6.33 Å². The highest BCUT2D eigenvalue weighted by Crippen LogP contribution is 2.20. The SMILES string of the molecule is O=C(c1cccc(-n2cnnn2)c1)N1CCN(C2CCS(=O)(=O)C2)CC1. The van der Waals surface area contributed by atoms with E-state index in [2.05, 4.69) is 20.4 Å². The topological polar surface area (TPSA) is 101 Å². The first-order valence-corrected chi connectivity index (χ1v) is 10.4. The molecule has 2 aliphatic heterocycles. The molecule has 0 spiro atoms. The Morgan fingerprint density at radius 2 is 1.96 bits per heavy atom. The van der Waals surface area contributed by atoms with Crippen molar-refractivity contribution in [2.24, 2.45) is 0 Å². The summed E-state index contributed by atoms with van der Waals surface area (Å²) in [6.07, 6.45) is 2.18. The van der Waals surface area contributed by atoms with Crippen molar-refractivity contribution < 1.29 is 13.2 Å². The van der Waals surface area contributed by atoms with Crippen LogP contribution in [0.3, 0.4) is 0 Å². The molecule has 0 radical (unpaired) electrons. The summed E-state index contributed by atoms with van der Waals surface area (Å²) in [6, 6.07) is 7.30. The number of sulfone groups is 1. The number of benzene rings is 1. The van der Waals surface area contributed by atoms with E-state index < -0.39 is 9.84 Å². The Morgan fingerprint density at radius 1 is 1.15 bits per heavy atom. The van der Waals surface area contributed by atoms with Crippen LogP contribution in [0, 0.1) is 0 Å². The highest BCUT2D eigenvalue weighted by atomic mass is 32.2. The molecule has 0 bridgehead atoms. The lowest BCUT2D eigenvalue weighted by Gasteiger charge is -2.37. The van der Waals surface area contributed by atoms with Crippen molar-refractivity contribution in [2.45, 2.75) is 12.5 Å². The normalized spacial score (nSPS) is 23.2. The fraction of sp³-hybridized carbons (Fsp3) is 0.500. The van der Waals surface area contributed by atoms with Crippen LogP contribution in [0.15, 0.2) is 30.6 Å². The van der Waals surface area contributed by atoms with Crippen molar-refractivity contribution in [3.8, 4) is 5.69 Å². The summed E-state index contributed by atoms with van der Waals surface area (Å²) in [7, 11) is -2.88. The van der Waals surface area contributed by atoms with Gasteiger partial charge in [-0.15, -0.1) is 5.10 Å². The van der Waals surface area contributed by atoms with E-state index in [1.807, 2.05) is 17.0 Å². The van der Waals surface area contributed by atoms with Crippen LogP contribution in [0.2, 0.25) is 0 Å². The third-order valence-corrected chi connectivity index (χ3v) is 6.78. The van der Waals surface area contributed by atoms with Crippen molar-refractivity contribution in [3.63, 3.8) is 0 Å². The highest BCUT2D eigenvalue weighted by Gasteiger charge is 2.34. The Labute approximate surface area is 151 Å². The second kappa shape index (κ2) is 6.76. The molecule has 2 saturated heterocycles. The van der Waals surface area contributed by atoms with Gasteiger partial charge in [-0.2, -0.15) is 0 Å². The van der Waals surface area contributed by atoms with Crippen LogP contribution in [-0.2, 0) is 9.84 Å². The molecule has 0 aliphatic carbocycles. The Bertz CT molecular complexity index is 890. The van der Waals surface area contributed by atoms with Crippen LogP contribution in [0.5, 0.6) is 0 Å². The number of hydrogen-bond donors (Lipinski definition) is 0. The average Bonchev–Trinajstić information content (AvgIpc) is 3.31. The zero-order valence-corrected chi connectivity index (χ0v) is 15.0. The molecule has 2 aromatic rings. The third-order valence-electron chi connectivity index (χ3n) is 5.03. The fourth-order valence-electron chi connectivity index (χ4n) is 3.60. The van der Waals surface area contributed by atoms with Crippen molar-refractivity contribution in [2.75, 3.05) is 37.7 Å². The standard InChI is InChI=1S/C16H20N6O3S/c23-16(13-2-1-3-14(10-13)22-12-17-18-19-22)21-7-5-20(6-8-21)15-4-9-26(24,25)11-15/h1-3,10,12,15H,4-9,11H2. The monoisotopic (exact) mass is 376 g/mol. The van der Waals surface area contributed by atoms with Gasteiger partial charge in [-0.3, -0.25) is 9.69 Å². The van der Waals surface area contributed by atoms with E-state index in [0.29, 0.717) is 38.2 Å². The lowest BCUT2D eigenvalue weighted by atomic mass is 10.1. The predicted octanol–water partition coefficient (Wildman–Crippen LogP) is -0.393. The number of carbonyl (C=O) groups excluding carboxylic acids is 1. The number of amides is 1. The van der Waals surface area contributed by atoms with Gasteiger partial charge in [0.2, 0.25) is 0 Å². The Balaban J connectivity index is 1.40. The number of nitrogens with zero attached hydrogens (tertiary/aromatic N) is 6. The molecule has 0 saturated carbocycles. The first-order valence-electron chi connectivity index (χ1n) is 8.59. The van der Waals surface area contributed by atoms with Gasteiger partial charge in [0.25, 0.3) is 5.91 Å². The summed E-state index contributed by atoms with van der Waals surface area (Å²) in [5.74, 6) is 0.494. The smallest absolute Gasteiger partial charge is 0.254 e. The Hall–Kier alpha value is -2.33. The minimum absolute atomic E-state index is 0.0291. The summed E-state index contributed by atoms with van der Waals surface area (Å²) < 4.78 is 24.8. The lowest BCUT2D eigenvalue weighted by molar-refractivity contribution is 0.0588. The maximum Gasteiger partial charge on any atom is 0.254 e. The van der Waals surface area contributed by atoms with E-state index in [-0.39, 0.29) is 23.5 Å². The Kier molecular flexibility index (Phi) is 4.45. The molecule has 10 heteroatoms. The van der Waals surface area contributed by atoms with Crippen LogP contribution in [0.25, 0.3) is 5.69 Å². The molecule has 2 aliphatic rings. The molecule has 138 valence electrons. The maximum atomic E-state index is 12.8. The molecule has 26 heavy (non-hydrogen) atoms. The number of carbonyl (C=O) groups is 1. The first kappa shape index (κ1) is 17.1. The molecule has 1 aromatic heterocycles. The molecule has 1 aromatic carbocycles. The molecule has 4 rings (SSSR count). The molecular weight excluding hydrogens is 356 g/mol. The zero-order valence-electron chi connectivity index (χ0n) is 14.2. The molecule has 9 nitrogen and oxygen atoms in total. The third kappa shape index (κ3) is 3.47. The minimum atomic E-state index is -2.88. The fourth-order valence-corrected chi connectivity index (χ4v) is 5.36. The van der Waals surface area contributed by atoms with E-state index >= 15 is 0 Å². The van der Waals surface area contributed by atoms with E-state index in [9.17, 15) is 13.2 Å². The van der Waals surface area contributed by atoms with Crippen LogP contribution < -0.4 is 0 Å². The number of rotatable bonds is 3. The van der Waals surface area contributed by atoms with Crippen molar-refractivity contribution in [1.82, 2.24) is 30.0 Å². The van der Waals surface area contributed by atoms with Crippen LogP contribution in [0.1, 0.15) is 16.8 Å². The van der Waals surface area contributed by atoms with E-state index in [1.165, 1.54) is 11.0 Å². The summed E-state index contributed by atoms with van der Waals surface area (Å²) in [6.45, 7) is 2.62. The number of hydrogen-bond acceptors (Lipinski definition) is 7. The number of piperazine rings is 1. The van der Waals surface area contributed by atoms with Crippen molar-refractivity contribution >= 4 is 15.7 Å². The molecule has 1 amide bonds. The van der Waals surface area contributed by atoms with Gasteiger partial charge < -0.3 is 4.90 Å². The van der Waals surface area contributed by atoms with Gasteiger partial charge >= 0.3 is 0 Å². The van der Waals surface area contributed by atoms with E-state index in [0.717, 1.165) is 5.69 Å². The minimum Gasteiger partial charge on any atom is -0.336 e. The number of aromatic nitrogens is 4. The summed E-state index contributed by atoms with van der Waals surface area (Å²) in [5, 5.41) is 11.1. The molecule has 1 atom stereocenters. The van der Waals surface area contributed by atoms with Gasteiger partial charge in [-0.25, -0.2) is 13.1 Å². The van der Waals surface area contributed by atoms with Gasteiger partial charge in [0.05, 0.1) is 17.2 Å². The Morgan fingerprint density at radius 3 is 2.62 bits per heavy atom.